The van der Waals surface area contributed by atoms with Gasteiger partial charge in [0.25, 0.3) is 0 Å². The second-order valence-corrected chi connectivity index (χ2v) is 4.22. The van der Waals surface area contributed by atoms with E-state index in [4.69, 9.17) is 4.74 Å². The van der Waals surface area contributed by atoms with Crippen LogP contribution in [-0.4, -0.2) is 13.5 Å². The first-order chi connectivity index (χ1) is 7.29. The van der Waals surface area contributed by atoms with Gasteiger partial charge in [-0.1, -0.05) is 26.0 Å². The van der Waals surface area contributed by atoms with E-state index < -0.39 is 13.5 Å². The molecule has 0 atom stereocenters. The number of rotatable bonds is 4. The lowest BCUT2D eigenvalue weighted by molar-refractivity contribution is 0.310. The topological polar surface area (TPSA) is 9.23 Å². The molecule has 1 aromatic carbocycles. The van der Waals surface area contributed by atoms with Crippen LogP contribution in [0, 0.1) is 6.92 Å². The van der Waals surface area contributed by atoms with Crippen molar-refractivity contribution in [1.82, 2.24) is 0 Å². The quantitative estimate of drug-likeness (QED) is 0.714. The first kappa shape index (κ1) is 12.9. The molecule has 0 spiro atoms. The van der Waals surface area contributed by atoms with Crippen molar-refractivity contribution < 1.29 is 17.7 Å². The van der Waals surface area contributed by atoms with Crippen molar-refractivity contribution in [3.8, 4) is 5.75 Å². The van der Waals surface area contributed by atoms with Gasteiger partial charge >= 0.3 is 6.98 Å². The zero-order valence-electron chi connectivity index (χ0n) is 9.64. The predicted molar refractivity (Wildman–Crippen MR) is 59.8 cm³/mol. The van der Waals surface area contributed by atoms with E-state index >= 15 is 0 Å². The molecule has 5 heteroatoms. The molecule has 16 heavy (non-hydrogen) atoms. The molecule has 0 radical (unpaired) electrons. The molecule has 0 fully saturated rings. The molecule has 0 aromatic heterocycles. The first-order valence-electron chi connectivity index (χ1n) is 5.24. The summed E-state index contributed by atoms with van der Waals surface area (Å²) in [5.74, 6) is 0.491. The molecular weight excluding hydrogens is 216 g/mol. The minimum Gasteiger partial charge on any atom is -0.521 e. The fourth-order valence-electron chi connectivity index (χ4n) is 1.43. The standard InChI is InChI=1S/C11H15BF3O/c1-8(2)10-5-4-9(3)6-11(10)16-7-12(13,14)15/h4-6,8H,7H2,1-3H3/q-1. The van der Waals surface area contributed by atoms with Gasteiger partial charge in [-0.25, -0.2) is 0 Å². The van der Waals surface area contributed by atoms with Crippen molar-refractivity contribution in [3.05, 3.63) is 29.3 Å². The first-order valence-corrected chi connectivity index (χ1v) is 5.24. The summed E-state index contributed by atoms with van der Waals surface area (Å²) in [7, 11) is 0. The molecule has 0 unspecified atom stereocenters. The van der Waals surface area contributed by atoms with E-state index in [1.807, 2.05) is 32.9 Å². The third kappa shape index (κ3) is 3.79. The second kappa shape index (κ2) is 4.81. The van der Waals surface area contributed by atoms with Gasteiger partial charge in [0.15, 0.2) is 0 Å². The average molecular weight is 231 g/mol. The van der Waals surface area contributed by atoms with E-state index in [9.17, 15) is 12.9 Å². The van der Waals surface area contributed by atoms with Gasteiger partial charge in [-0.15, -0.1) is 0 Å². The summed E-state index contributed by atoms with van der Waals surface area (Å²) in [5, 5.41) is 0. The van der Waals surface area contributed by atoms with Crippen molar-refractivity contribution in [2.24, 2.45) is 0 Å². The van der Waals surface area contributed by atoms with Gasteiger partial charge in [-0.2, -0.15) is 0 Å². The Kier molecular flexibility index (Phi) is 3.89. The van der Waals surface area contributed by atoms with Crippen molar-refractivity contribution >= 4 is 6.98 Å². The van der Waals surface area contributed by atoms with Crippen LogP contribution in [0.25, 0.3) is 0 Å². The predicted octanol–water partition coefficient (Wildman–Crippen LogP) is 3.88. The molecule has 90 valence electrons. The minimum absolute atomic E-state index is 0.149. The largest absolute Gasteiger partial charge is 0.521 e. The summed E-state index contributed by atoms with van der Waals surface area (Å²) in [6.45, 7) is -0.393. The van der Waals surface area contributed by atoms with E-state index in [2.05, 4.69) is 0 Å². The van der Waals surface area contributed by atoms with Crippen LogP contribution in [0.5, 0.6) is 5.75 Å². The Morgan fingerprint density at radius 1 is 1.25 bits per heavy atom. The highest BCUT2D eigenvalue weighted by Gasteiger charge is 2.24. The SMILES string of the molecule is Cc1ccc(C(C)C)c(OC[B-](F)(F)F)c1. The molecular formula is C11H15BF3O-. The Bertz CT molecular complexity index is 361. The Balaban J connectivity index is 2.88. The number of aryl methyl sites for hydroxylation is 1. The van der Waals surface area contributed by atoms with E-state index in [-0.39, 0.29) is 5.92 Å². The van der Waals surface area contributed by atoms with Crippen LogP contribution in [0.1, 0.15) is 30.9 Å². The highest BCUT2D eigenvalue weighted by molar-refractivity contribution is 6.58. The van der Waals surface area contributed by atoms with Crippen LogP contribution in [0.4, 0.5) is 12.9 Å². The second-order valence-electron chi connectivity index (χ2n) is 4.22. The van der Waals surface area contributed by atoms with Gasteiger partial charge in [0, 0.05) is 0 Å². The van der Waals surface area contributed by atoms with Crippen molar-refractivity contribution in [3.63, 3.8) is 0 Å². The molecule has 0 aliphatic heterocycles. The molecule has 0 saturated carbocycles. The number of halogens is 3. The number of benzene rings is 1. The zero-order chi connectivity index (χ0) is 12.3. The highest BCUT2D eigenvalue weighted by Crippen LogP contribution is 2.28. The summed E-state index contributed by atoms with van der Waals surface area (Å²) in [5.41, 5.74) is 1.71. The lowest BCUT2D eigenvalue weighted by Crippen LogP contribution is -2.26. The van der Waals surface area contributed by atoms with Crippen LogP contribution in [0.3, 0.4) is 0 Å². The van der Waals surface area contributed by atoms with Crippen molar-refractivity contribution in [2.75, 3.05) is 6.51 Å². The normalized spacial score (nSPS) is 11.9. The number of ether oxygens (including phenoxy) is 1. The molecule has 0 aliphatic rings. The van der Waals surface area contributed by atoms with Gasteiger partial charge in [0.05, 0.1) is 6.51 Å². The van der Waals surface area contributed by atoms with Gasteiger partial charge < -0.3 is 17.7 Å². The monoisotopic (exact) mass is 231 g/mol. The molecule has 0 N–H and O–H groups in total. The highest BCUT2D eigenvalue weighted by atomic mass is 19.4. The molecule has 1 aromatic rings. The maximum Gasteiger partial charge on any atom is 0.515 e. The molecule has 0 aliphatic carbocycles. The fourth-order valence-corrected chi connectivity index (χ4v) is 1.43. The van der Waals surface area contributed by atoms with E-state index in [1.165, 1.54) is 0 Å². The maximum atomic E-state index is 12.1. The summed E-state index contributed by atoms with van der Waals surface area (Å²) in [6.07, 6.45) is 0. The van der Waals surface area contributed by atoms with E-state index in [0.717, 1.165) is 11.1 Å². The molecule has 0 saturated heterocycles. The lowest BCUT2D eigenvalue weighted by atomic mass is 9.94. The van der Waals surface area contributed by atoms with Crippen LogP contribution in [0.15, 0.2) is 18.2 Å². The molecule has 0 amide bonds. The number of hydrogen-bond acceptors (Lipinski definition) is 1. The molecule has 0 bridgehead atoms. The Morgan fingerprint density at radius 2 is 1.88 bits per heavy atom. The van der Waals surface area contributed by atoms with Gasteiger partial charge in [-0.3, -0.25) is 0 Å². The van der Waals surface area contributed by atoms with Gasteiger partial charge in [0.1, 0.15) is 5.75 Å². The smallest absolute Gasteiger partial charge is 0.515 e. The fraction of sp³-hybridized carbons (Fsp3) is 0.455. The summed E-state index contributed by atoms with van der Waals surface area (Å²) in [6, 6.07) is 5.34. The average Bonchev–Trinajstić information content (AvgIpc) is 2.13. The van der Waals surface area contributed by atoms with Crippen LogP contribution in [0.2, 0.25) is 0 Å². The van der Waals surface area contributed by atoms with Crippen molar-refractivity contribution in [2.45, 2.75) is 26.7 Å². The molecule has 0 heterocycles. The van der Waals surface area contributed by atoms with Gasteiger partial charge in [-0.05, 0) is 30.0 Å². The minimum atomic E-state index is -4.90. The van der Waals surface area contributed by atoms with E-state index in [1.54, 1.807) is 6.07 Å². The van der Waals surface area contributed by atoms with E-state index in [0.29, 0.717) is 5.75 Å². The number of hydrogen-bond donors (Lipinski definition) is 0. The van der Waals surface area contributed by atoms with Crippen LogP contribution in [-0.2, 0) is 0 Å². The van der Waals surface area contributed by atoms with Crippen LogP contribution < -0.4 is 4.74 Å². The van der Waals surface area contributed by atoms with Crippen molar-refractivity contribution in [1.29, 1.82) is 0 Å². The van der Waals surface area contributed by atoms with Crippen LogP contribution >= 0.6 is 0 Å². The molecule has 1 nitrogen and oxygen atoms in total. The third-order valence-electron chi connectivity index (χ3n) is 2.22. The Labute approximate surface area is 93.7 Å². The summed E-state index contributed by atoms with van der Waals surface area (Å²) < 4.78 is 41.2. The zero-order valence-corrected chi connectivity index (χ0v) is 9.64. The lowest BCUT2D eigenvalue weighted by Gasteiger charge is -2.19. The summed E-state index contributed by atoms with van der Waals surface area (Å²) in [4.78, 5) is 0. The maximum absolute atomic E-state index is 12.1. The Hall–Kier alpha value is -1.13. The Morgan fingerprint density at radius 3 is 2.38 bits per heavy atom. The van der Waals surface area contributed by atoms with Gasteiger partial charge in [0.2, 0.25) is 0 Å². The molecule has 1 rings (SSSR count). The summed E-state index contributed by atoms with van der Waals surface area (Å²) >= 11 is 0. The third-order valence-corrected chi connectivity index (χ3v) is 2.22.